The van der Waals surface area contributed by atoms with E-state index < -0.39 is 0 Å². The van der Waals surface area contributed by atoms with Crippen LogP contribution in [0.2, 0.25) is 0 Å². The maximum atomic E-state index is 5.56. The van der Waals surface area contributed by atoms with Gasteiger partial charge in [0.05, 0.1) is 19.8 Å². The molecule has 0 aliphatic rings. The Morgan fingerprint density at radius 3 is 2.28 bits per heavy atom. The highest BCUT2D eigenvalue weighted by Gasteiger charge is 1.95. The predicted molar refractivity (Wildman–Crippen MR) is 72.0 cm³/mol. The summed E-state index contributed by atoms with van der Waals surface area (Å²) in [7, 11) is 1.93. The lowest BCUT2D eigenvalue weighted by Gasteiger charge is -2.08. The largest absolute Gasteiger partial charge is 0.491 e. The molecule has 0 spiro atoms. The Hall–Kier alpha value is -1.10. The van der Waals surface area contributed by atoms with Crippen LogP contribution in [0.25, 0.3) is 0 Å². The molecule has 0 aliphatic heterocycles. The van der Waals surface area contributed by atoms with Crippen molar-refractivity contribution in [2.75, 3.05) is 40.1 Å². The van der Waals surface area contributed by atoms with Crippen molar-refractivity contribution < 1.29 is 14.2 Å². The third-order valence-corrected chi connectivity index (χ3v) is 2.38. The Morgan fingerprint density at radius 1 is 0.944 bits per heavy atom. The van der Waals surface area contributed by atoms with Gasteiger partial charge in [-0.1, -0.05) is 12.1 Å². The Balaban J connectivity index is 2.08. The van der Waals surface area contributed by atoms with E-state index in [9.17, 15) is 0 Å². The van der Waals surface area contributed by atoms with Crippen LogP contribution in [-0.2, 0) is 16.0 Å². The van der Waals surface area contributed by atoms with Crippen LogP contribution in [0.5, 0.6) is 5.75 Å². The van der Waals surface area contributed by atoms with E-state index >= 15 is 0 Å². The summed E-state index contributed by atoms with van der Waals surface area (Å²) in [6, 6.07) is 8.07. The second kappa shape index (κ2) is 9.88. The van der Waals surface area contributed by atoms with Gasteiger partial charge in [-0.2, -0.15) is 0 Å². The van der Waals surface area contributed by atoms with E-state index in [2.05, 4.69) is 17.4 Å². The van der Waals surface area contributed by atoms with Crippen molar-refractivity contribution in [1.29, 1.82) is 0 Å². The van der Waals surface area contributed by atoms with E-state index in [0.29, 0.717) is 26.4 Å². The predicted octanol–water partition coefficient (Wildman–Crippen LogP) is 1.84. The Morgan fingerprint density at radius 2 is 1.61 bits per heavy atom. The van der Waals surface area contributed by atoms with Crippen LogP contribution >= 0.6 is 0 Å². The number of ether oxygens (including phenoxy) is 3. The first-order valence-corrected chi connectivity index (χ1v) is 6.38. The Bertz CT molecular complexity index is 300. The first-order chi connectivity index (χ1) is 8.86. The molecule has 0 aromatic heterocycles. The first kappa shape index (κ1) is 15.0. The van der Waals surface area contributed by atoms with Gasteiger partial charge in [0.2, 0.25) is 0 Å². The van der Waals surface area contributed by atoms with E-state index in [-0.39, 0.29) is 0 Å². The fraction of sp³-hybridized carbons (Fsp3) is 0.571. The monoisotopic (exact) mass is 253 g/mol. The van der Waals surface area contributed by atoms with Gasteiger partial charge in [-0.25, -0.2) is 0 Å². The number of hydrogen-bond acceptors (Lipinski definition) is 4. The second-order valence-corrected chi connectivity index (χ2v) is 3.83. The molecule has 102 valence electrons. The molecule has 0 bridgehead atoms. The molecular weight excluding hydrogens is 230 g/mol. The average molecular weight is 253 g/mol. The number of benzene rings is 1. The highest BCUT2D eigenvalue weighted by atomic mass is 16.5. The van der Waals surface area contributed by atoms with Gasteiger partial charge in [0.25, 0.3) is 0 Å². The fourth-order valence-electron chi connectivity index (χ4n) is 1.49. The van der Waals surface area contributed by atoms with Crippen LogP contribution in [0.15, 0.2) is 24.3 Å². The summed E-state index contributed by atoms with van der Waals surface area (Å²) in [5.74, 6) is 0.878. The summed E-state index contributed by atoms with van der Waals surface area (Å²) in [5.41, 5.74) is 1.25. The minimum Gasteiger partial charge on any atom is -0.491 e. The van der Waals surface area contributed by atoms with Gasteiger partial charge in [0, 0.05) is 13.2 Å². The minimum absolute atomic E-state index is 0.567. The summed E-state index contributed by atoms with van der Waals surface area (Å²) >= 11 is 0. The van der Waals surface area contributed by atoms with Crippen molar-refractivity contribution in [1.82, 2.24) is 5.32 Å². The molecule has 4 nitrogen and oxygen atoms in total. The van der Waals surface area contributed by atoms with Gasteiger partial charge in [0.15, 0.2) is 0 Å². The molecule has 0 radical (unpaired) electrons. The van der Waals surface area contributed by atoms with Gasteiger partial charge in [-0.15, -0.1) is 0 Å². The third-order valence-electron chi connectivity index (χ3n) is 2.38. The lowest BCUT2D eigenvalue weighted by atomic mass is 10.2. The second-order valence-electron chi connectivity index (χ2n) is 3.83. The summed E-state index contributed by atoms with van der Waals surface area (Å²) in [4.78, 5) is 0. The smallest absolute Gasteiger partial charge is 0.119 e. The zero-order valence-electron chi connectivity index (χ0n) is 11.3. The number of rotatable bonds is 10. The quantitative estimate of drug-likeness (QED) is 0.646. The Kier molecular flexibility index (Phi) is 8.21. The topological polar surface area (TPSA) is 39.7 Å². The van der Waals surface area contributed by atoms with Crippen LogP contribution in [0.4, 0.5) is 0 Å². The molecule has 0 amide bonds. The molecular formula is C14H23NO3. The van der Waals surface area contributed by atoms with E-state index in [1.807, 2.05) is 26.1 Å². The maximum Gasteiger partial charge on any atom is 0.119 e. The lowest BCUT2D eigenvalue weighted by Crippen LogP contribution is -2.10. The SMILES string of the molecule is CCOCCOCCOc1ccc(CNC)cc1. The maximum absolute atomic E-state index is 5.56. The summed E-state index contributed by atoms with van der Waals surface area (Å²) in [6.45, 7) is 6.01. The van der Waals surface area contributed by atoms with Crippen molar-refractivity contribution in [2.45, 2.75) is 13.5 Å². The molecule has 4 heteroatoms. The van der Waals surface area contributed by atoms with Crippen LogP contribution in [-0.4, -0.2) is 40.1 Å². The van der Waals surface area contributed by atoms with Crippen LogP contribution in [0.3, 0.4) is 0 Å². The Labute approximate surface area is 109 Å². The van der Waals surface area contributed by atoms with Gasteiger partial charge < -0.3 is 19.5 Å². The van der Waals surface area contributed by atoms with E-state index in [1.54, 1.807) is 0 Å². The van der Waals surface area contributed by atoms with Crippen molar-refractivity contribution in [3.8, 4) is 5.75 Å². The molecule has 1 aromatic carbocycles. The molecule has 1 rings (SSSR count). The van der Waals surface area contributed by atoms with E-state index in [0.717, 1.165) is 18.9 Å². The van der Waals surface area contributed by atoms with Crippen LogP contribution < -0.4 is 10.1 Å². The van der Waals surface area contributed by atoms with Crippen molar-refractivity contribution >= 4 is 0 Å². The molecule has 18 heavy (non-hydrogen) atoms. The zero-order chi connectivity index (χ0) is 13.1. The van der Waals surface area contributed by atoms with E-state index in [1.165, 1.54) is 5.56 Å². The minimum atomic E-state index is 0.567. The molecule has 1 N–H and O–H groups in total. The molecule has 0 fully saturated rings. The van der Waals surface area contributed by atoms with Gasteiger partial charge in [-0.3, -0.25) is 0 Å². The zero-order valence-corrected chi connectivity index (χ0v) is 11.3. The summed E-state index contributed by atoms with van der Waals surface area (Å²) < 4.78 is 16.1. The van der Waals surface area contributed by atoms with E-state index in [4.69, 9.17) is 14.2 Å². The lowest BCUT2D eigenvalue weighted by molar-refractivity contribution is 0.0405. The van der Waals surface area contributed by atoms with Crippen molar-refractivity contribution in [2.24, 2.45) is 0 Å². The van der Waals surface area contributed by atoms with Gasteiger partial charge in [0.1, 0.15) is 12.4 Å². The molecule has 0 aliphatic carbocycles. The molecule has 0 unspecified atom stereocenters. The standard InChI is InChI=1S/C14H23NO3/c1-3-16-8-9-17-10-11-18-14-6-4-13(5-7-14)12-15-2/h4-7,15H,3,8-12H2,1-2H3. The first-order valence-electron chi connectivity index (χ1n) is 6.38. The molecule has 1 aromatic rings. The van der Waals surface area contributed by atoms with Crippen LogP contribution in [0, 0.1) is 0 Å². The van der Waals surface area contributed by atoms with Gasteiger partial charge >= 0.3 is 0 Å². The molecule has 0 saturated heterocycles. The molecule has 0 atom stereocenters. The highest BCUT2D eigenvalue weighted by Crippen LogP contribution is 2.11. The van der Waals surface area contributed by atoms with Gasteiger partial charge in [-0.05, 0) is 31.7 Å². The van der Waals surface area contributed by atoms with Crippen molar-refractivity contribution in [3.63, 3.8) is 0 Å². The third kappa shape index (κ3) is 6.59. The van der Waals surface area contributed by atoms with Crippen molar-refractivity contribution in [3.05, 3.63) is 29.8 Å². The number of hydrogen-bond donors (Lipinski definition) is 1. The normalized spacial score (nSPS) is 10.6. The number of nitrogens with one attached hydrogen (secondary N) is 1. The molecule has 0 heterocycles. The fourth-order valence-corrected chi connectivity index (χ4v) is 1.49. The molecule has 0 saturated carbocycles. The average Bonchev–Trinajstić information content (AvgIpc) is 2.40. The highest BCUT2D eigenvalue weighted by molar-refractivity contribution is 5.27. The summed E-state index contributed by atoms with van der Waals surface area (Å²) in [5, 5.41) is 3.11. The van der Waals surface area contributed by atoms with Crippen LogP contribution in [0.1, 0.15) is 12.5 Å². The summed E-state index contributed by atoms with van der Waals surface area (Å²) in [6.07, 6.45) is 0.